The van der Waals surface area contributed by atoms with Crippen LogP contribution in [0.3, 0.4) is 0 Å². The third-order valence-electron chi connectivity index (χ3n) is 3.15. The minimum Gasteiger partial charge on any atom is -0.507 e. The van der Waals surface area contributed by atoms with Crippen LogP contribution in [0, 0.1) is 0 Å². The molecule has 0 saturated carbocycles. The molecule has 0 aliphatic heterocycles. The van der Waals surface area contributed by atoms with E-state index in [0.29, 0.717) is 35.8 Å². The summed E-state index contributed by atoms with van der Waals surface area (Å²) in [5, 5.41) is 11.7. The van der Waals surface area contributed by atoms with Gasteiger partial charge in [0.05, 0.1) is 25.7 Å². The Hall–Kier alpha value is -2.10. The Labute approximate surface area is 125 Å². The fourth-order valence-corrected chi connectivity index (χ4v) is 2.22. The van der Waals surface area contributed by atoms with Crippen LogP contribution in [0.5, 0.6) is 23.0 Å². The molecule has 1 N–H and O–H groups in total. The van der Waals surface area contributed by atoms with Gasteiger partial charge in [-0.3, -0.25) is 0 Å². The number of phenols is 1. The van der Waals surface area contributed by atoms with Crippen LogP contribution in [-0.4, -0.2) is 25.4 Å². The highest BCUT2D eigenvalue weighted by Gasteiger charge is 2.17. The Balaban J connectivity index is 2.62. The molecule has 0 aliphatic carbocycles. The highest BCUT2D eigenvalue weighted by atomic mass is 16.5. The van der Waals surface area contributed by atoms with Gasteiger partial charge >= 0.3 is 0 Å². The molecule has 2 aromatic rings. The molecule has 0 unspecified atom stereocenters. The zero-order chi connectivity index (χ0) is 15.2. The minimum atomic E-state index is 0.136. The van der Waals surface area contributed by atoms with Crippen molar-refractivity contribution in [2.45, 2.75) is 26.7 Å². The smallest absolute Gasteiger partial charge is 0.169 e. The van der Waals surface area contributed by atoms with E-state index in [-0.39, 0.29) is 5.75 Å². The predicted molar refractivity (Wildman–Crippen MR) is 83.7 cm³/mol. The fraction of sp³-hybridized carbons (Fsp3) is 0.412. The third kappa shape index (κ3) is 3.15. The number of ether oxygens (including phenoxy) is 3. The molecule has 114 valence electrons. The summed E-state index contributed by atoms with van der Waals surface area (Å²) in [5.74, 6) is 1.99. The SMILES string of the molecule is CCCOc1cc(O)c2c(OC)cccc2c1OCCC. The standard InChI is InChI=1S/C17H22O4/c1-4-9-20-15-11-13(18)16-12(17(15)21-10-5-2)7-6-8-14(16)19-3/h6-8,11,18H,4-5,9-10H2,1-3H3. The first-order chi connectivity index (χ1) is 10.2. The van der Waals surface area contributed by atoms with E-state index in [1.54, 1.807) is 13.2 Å². The van der Waals surface area contributed by atoms with Gasteiger partial charge in [-0.2, -0.15) is 0 Å². The Morgan fingerprint density at radius 3 is 2.38 bits per heavy atom. The van der Waals surface area contributed by atoms with Crippen molar-refractivity contribution in [2.75, 3.05) is 20.3 Å². The van der Waals surface area contributed by atoms with E-state index in [9.17, 15) is 5.11 Å². The van der Waals surface area contributed by atoms with Gasteiger partial charge in [0.2, 0.25) is 0 Å². The topological polar surface area (TPSA) is 47.9 Å². The van der Waals surface area contributed by atoms with Crippen LogP contribution in [0.15, 0.2) is 24.3 Å². The van der Waals surface area contributed by atoms with E-state index >= 15 is 0 Å². The van der Waals surface area contributed by atoms with Gasteiger partial charge in [-0.15, -0.1) is 0 Å². The molecule has 0 bridgehead atoms. The summed E-state index contributed by atoms with van der Waals surface area (Å²) in [5.41, 5.74) is 0. The molecule has 0 aromatic heterocycles. The molecule has 0 amide bonds. The highest BCUT2D eigenvalue weighted by molar-refractivity contribution is 5.99. The maximum absolute atomic E-state index is 10.3. The normalized spacial score (nSPS) is 10.6. The van der Waals surface area contributed by atoms with Gasteiger partial charge in [-0.1, -0.05) is 26.0 Å². The van der Waals surface area contributed by atoms with Crippen molar-refractivity contribution in [1.82, 2.24) is 0 Å². The van der Waals surface area contributed by atoms with Crippen molar-refractivity contribution in [1.29, 1.82) is 0 Å². The molecular weight excluding hydrogens is 268 g/mol. The second-order valence-electron chi connectivity index (χ2n) is 4.80. The van der Waals surface area contributed by atoms with E-state index in [2.05, 4.69) is 6.92 Å². The van der Waals surface area contributed by atoms with E-state index in [0.717, 1.165) is 18.2 Å². The number of hydrogen-bond donors (Lipinski definition) is 1. The first kappa shape index (κ1) is 15.3. The van der Waals surface area contributed by atoms with Crippen LogP contribution >= 0.6 is 0 Å². The van der Waals surface area contributed by atoms with Crippen LogP contribution in [-0.2, 0) is 0 Å². The van der Waals surface area contributed by atoms with Crippen molar-refractivity contribution in [2.24, 2.45) is 0 Å². The quantitative estimate of drug-likeness (QED) is 0.833. The van der Waals surface area contributed by atoms with Crippen LogP contribution in [0.25, 0.3) is 10.8 Å². The summed E-state index contributed by atoms with van der Waals surface area (Å²) in [6.45, 7) is 5.27. The second kappa shape index (κ2) is 7.07. The van der Waals surface area contributed by atoms with E-state index in [1.807, 2.05) is 25.1 Å². The van der Waals surface area contributed by atoms with Gasteiger partial charge in [0, 0.05) is 11.5 Å². The van der Waals surface area contributed by atoms with Crippen LogP contribution in [0.4, 0.5) is 0 Å². The first-order valence-electron chi connectivity index (χ1n) is 7.31. The monoisotopic (exact) mass is 290 g/mol. The number of aromatic hydroxyl groups is 1. The van der Waals surface area contributed by atoms with Crippen molar-refractivity contribution in [3.63, 3.8) is 0 Å². The molecule has 21 heavy (non-hydrogen) atoms. The summed E-state index contributed by atoms with van der Waals surface area (Å²) in [7, 11) is 1.59. The van der Waals surface area contributed by atoms with Gasteiger partial charge in [0.15, 0.2) is 11.5 Å². The van der Waals surface area contributed by atoms with Crippen molar-refractivity contribution < 1.29 is 19.3 Å². The summed E-state index contributed by atoms with van der Waals surface area (Å²) in [6, 6.07) is 7.20. The maximum Gasteiger partial charge on any atom is 0.169 e. The lowest BCUT2D eigenvalue weighted by Crippen LogP contribution is -2.02. The van der Waals surface area contributed by atoms with E-state index < -0.39 is 0 Å². The molecule has 0 heterocycles. The van der Waals surface area contributed by atoms with Gasteiger partial charge in [0.25, 0.3) is 0 Å². The predicted octanol–water partition coefficient (Wildman–Crippen LogP) is 4.13. The Morgan fingerprint density at radius 2 is 1.71 bits per heavy atom. The lowest BCUT2D eigenvalue weighted by molar-refractivity contribution is 0.270. The molecule has 4 heteroatoms. The zero-order valence-electron chi connectivity index (χ0n) is 12.8. The third-order valence-corrected chi connectivity index (χ3v) is 3.15. The Bertz CT molecular complexity index is 607. The summed E-state index contributed by atoms with van der Waals surface area (Å²) in [4.78, 5) is 0. The molecule has 0 atom stereocenters. The summed E-state index contributed by atoms with van der Waals surface area (Å²) in [6.07, 6.45) is 1.80. The number of phenolic OH excluding ortho intramolecular Hbond substituents is 1. The molecule has 0 saturated heterocycles. The molecule has 0 radical (unpaired) electrons. The minimum absolute atomic E-state index is 0.136. The lowest BCUT2D eigenvalue weighted by Gasteiger charge is -2.17. The number of methoxy groups -OCH3 is 1. The molecule has 0 spiro atoms. The summed E-state index contributed by atoms with van der Waals surface area (Å²) >= 11 is 0. The van der Waals surface area contributed by atoms with E-state index in [4.69, 9.17) is 14.2 Å². The lowest BCUT2D eigenvalue weighted by atomic mass is 10.1. The largest absolute Gasteiger partial charge is 0.507 e. The Kier molecular flexibility index (Phi) is 5.14. The molecule has 4 nitrogen and oxygen atoms in total. The first-order valence-corrected chi connectivity index (χ1v) is 7.31. The highest BCUT2D eigenvalue weighted by Crippen LogP contribution is 2.44. The van der Waals surface area contributed by atoms with Crippen LogP contribution < -0.4 is 14.2 Å². The Morgan fingerprint density at radius 1 is 1.00 bits per heavy atom. The van der Waals surface area contributed by atoms with Gasteiger partial charge in [-0.05, 0) is 18.9 Å². The van der Waals surface area contributed by atoms with Crippen LogP contribution in [0.1, 0.15) is 26.7 Å². The van der Waals surface area contributed by atoms with E-state index in [1.165, 1.54) is 0 Å². The second-order valence-corrected chi connectivity index (χ2v) is 4.80. The number of fused-ring (bicyclic) bond motifs is 1. The molecule has 2 rings (SSSR count). The number of rotatable bonds is 7. The van der Waals surface area contributed by atoms with Gasteiger partial charge < -0.3 is 19.3 Å². The number of hydrogen-bond acceptors (Lipinski definition) is 4. The van der Waals surface area contributed by atoms with Crippen molar-refractivity contribution >= 4 is 10.8 Å². The molecule has 0 fully saturated rings. The van der Waals surface area contributed by atoms with Crippen LogP contribution in [0.2, 0.25) is 0 Å². The molecular formula is C17H22O4. The van der Waals surface area contributed by atoms with Gasteiger partial charge in [-0.25, -0.2) is 0 Å². The number of benzene rings is 2. The fourth-order valence-electron chi connectivity index (χ4n) is 2.22. The average Bonchev–Trinajstić information content (AvgIpc) is 2.51. The molecule has 2 aromatic carbocycles. The molecule has 0 aliphatic rings. The zero-order valence-corrected chi connectivity index (χ0v) is 12.8. The van der Waals surface area contributed by atoms with Crippen molar-refractivity contribution in [3.05, 3.63) is 24.3 Å². The van der Waals surface area contributed by atoms with Gasteiger partial charge in [0.1, 0.15) is 11.5 Å². The maximum atomic E-state index is 10.3. The average molecular weight is 290 g/mol. The van der Waals surface area contributed by atoms with Crippen molar-refractivity contribution in [3.8, 4) is 23.0 Å². The summed E-state index contributed by atoms with van der Waals surface area (Å²) < 4.78 is 16.9.